The summed E-state index contributed by atoms with van der Waals surface area (Å²) >= 11 is 0. The Morgan fingerprint density at radius 1 is 1.29 bits per heavy atom. The monoisotopic (exact) mass is 194 g/mol. The Morgan fingerprint density at radius 2 is 1.86 bits per heavy atom. The molecule has 1 aliphatic carbocycles. The van der Waals surface area contributed by atoms with Crippen LogP contribution in [0.5, 0.6) is 0 Å². The summed E-state index contributed by atoms with van der Waals surface area (Å²) in [6, 6.07) is 0.409. The molecule has 0 aromatic carbocycles. The van der Waals surface area contributed by atoms with Gasteiger partial charge in [-0.2, -0.15) is 0 Å². The van der Waals surface area contributed by atoms with Crippen LogP contribution in [0.2, 0.25) is 0 Å². The third-order valence-electron chi connectivity index (χ3n) is 2.78. The maximum Gasteiger partial charge on any atom is 0.0163 e. The lowest BCUT2D eigenvalue weighted by atomic mass is 10.1. The van der Waals surface area contributed by atoms with Crippen LogP contribution < -0.4 is 5.73 Å². The smallest absolute Gasteiger partial charge is 0.0163 e. The molecule has 14 heavy (non-hydrogen) atoms. The van der Waals surface area contributed by atoms with E-state index in [1.165, 1.54) is 12.8 Å². The molecule has 1 fully saturated rings. The van der Waals surface area contributed by atoms with E-state index >= 15 is 0 Å². The van der Waals surface area contributed by atoms with Crippen molar-refractivity contribution in [2.75, 3.05) is 19.6 Å². The predicted octanol–water partition coefficient (Wildman–Crippen LogP) is 1.79. The number of nitrogens with zero attached hydrogens (tertiary/aromatic N) is 1. The summed E-state index contributed by atoms with van der Waals surface area (Å²) in [4.78, 5) is 2.32. The molecule has 0 radical (unpaired) electrons. The SMILES string of the molecule is C=CCN(CC=C)CCC(N)C1CC1. The second kappa shape index (κ2) is 5.99. The zero-order chi connectivity index (χ0) is 10.4. The second-order valence-electron chi connectivity index (χ2n) is 4.13. The Bertz CT molecular complexity index is 175. The Hall–Kier alpha value is -0.600. The third kappa shape index (κ3) is 4.07. The largest absolute Gasteiger partial charge is 0.327 e. The summed E-state index contributed by atoms with van der Waals surface area (Å²) in [5, 5.41) is 0. The highest BCUT2D eigenvalue weighted by molar-refractivity contribution is 4.86. The van der Waals surface area contributed by atoms with Gasteiger partial charge in [0.05, 0.1) is 0 Å². The minimum absolute atomic E-state index is 0.409. The van der Waals surface area contributed by atoms with E-state index in [1.54, 1.807) is 0 Å². The maximum absolute atomic E-state index is 6.04. The van der Waals surface area contributed by atoms with Crippen LogP contribution in [-0.2, 0) is 0 Å². The van der Waals surface area contributed by atoms with E-state index in [4.69, 9.17) is 5.73 Å². The summed E-state index contributed by atoms with van der Waals surface area (Å²) in [6.07, 6.45) is 7.65. The zero-order valence-electron chi connectivity index (χ0n) is 8.99. The quantitative estimate of drug-likeness (QED) is 0.597. The van der Waals surface area contributed by atoms with E-state index in [9.17, 15) is 0 Å². The van der Waals surface area contributed by atoms with Crippen molar-refractivity contribution in [2.24, 2.45) is 11.7 Å². The van der Waals surface area contributed by atoms with Gasteiger partial charge >= 0.3 is 0 Å². The molecule has 0 aliphatic heterocycles. The summed E-state index contributed by atoms with van der Waals surface area (Å²) in [5.41, 5.74) is 6.04. The van der Waals surface area contributed by atoms with Crippen molar-refractivity contribution in [3.63, 3.8) is 0 Å². The minimum Gasteiger partial charge on any atom is -0.327 e. The van der Waals surface area contributed by atoms with Gasteiger partial charge in [-0.25, -0.2) is 0 Å². The van der Waals surface area contributed by atoms with Crippen LogP contribution >= 0.6 is 0 Å². The van der Waals surface area contributed by atoms with Crippen molar-refractivity contribution in [3.05, 3.63) is 25.3 Å². The molecule has 0 amide bonds. The van der Waals surface area contributed by atoms with Crippen molar-refractivity contribution in [1.29, 1.82) is 0 Å². The van der Waals surface area contributed by atoms with Crippen LogP contribution in [0, 0.1) is 5.92 Å². The number of rotatable bonds is 8. The molecule has 1 saturated carbocycles. The fourth-order valence-corrected chi connectivity index (χ4v) is 1.71. The van der Waals surface area contributed by atoms with Gasteiger partial charge < -0.3 is 5.73 Å². The van der Waals surface area contributed by atoms with Gasteiger partial charge in [0.1, 0.15) is 0 Å². The molecule has 0 bridgehead atoms. The van der Waals surface area contributed by atoms with Crippen LogP contribution in [0.25, 0.3) is 0 Å². The lowest BCUT2D eigenvalue weighted by molar-refractivity contribution is 0.312. The highest BCUT2D eigenvalue weighted by Gasteiger charge is 2.28. The Kier molecular flexibility index (Phi) is 4.91. The maximum atomic E-state index is 6.04. The van der Waals surface area contributed by atoms with Gasteiger partial charge in [0.2, 0.25) is 0 Å². The molecule has 0 heterocycles. The molecule has 1 aliphatic rings. The molecule has 80 valence electrons. The second-order valence-corrected chi connectivity index (χ2v) is 4.13. The molecule has 2 N–H and O–H groups in total. The first-order chi connectivity index (χ1) is 6.77. The standard InChI is InChI=1S/C12H22N2/c1-3-8-14(9-4-2)10-7-12(13)11-5-6-11/h3-4,11-12H,1-2,5-10,13H2. The van der Waals surface area contributed by atoms with Gasteiger partial charge in [-0.1, -0.05) is 12.2 Å². The Balaban J connectivity index is 2.16. The van der Waals surface area contributed by atoms with Crippen LogP contribution in [0.3, 0.4) is 0 Å². The molecule has 0 saturated heterocycles. The lowest BCUT2D eigenvalue weighted by Gasteiger charge is -2.20. The molecule has 2 heteroatoms. The van der Waals surface area contributed by atoms with Crippen LogP contribution in [0.15, 0.2) is 25.3 Å². The lowest BCUT2D eigenvalue weighted by Crippen LogP contribution is -2.32. The summed E-state index contributed by atoms with van der Waals surface area (Å²) < 4.78 is 0. The molecule has 0 spiro atoms. The molecule has 1 unspecified atom stereocenters. The molecule has 0 aromatic rings. The van der Waals surface area contributed by atoms with Crippen molar-refractivity contribution >= 4 is 0 Å². The van der Waals surface area contributed by atoms with Crippen LogP contribution in [-0.4, -0.2) is 30.6 Å². The molecule has 0 aromatic heterocycles. The van der Waals surface area contributed by atoms with Gasteiger partial charge in [0.15, 0.2) is 0 Å². The predicted molar refractivity (Wildman–Crippen MR) is 62.2 cm³/mol. The van der Waals surface area contributed by atoms with Crippen molar-refractivity contribution in [3.8, 4) is 0 Å². The molecule has 1 rings (SSSR count). The van der Waals surface area contributed by atoms with E-state index in [2.05, 4.69) is 18.1 Å². The first-order valence-corrected chi connectivity index (χ1v) is 5.47. The van der Waals surface area contributed by atoms with Crippen LogP contribution in [0.1, 0.15) is 19.3 Å². The third-order valence-corrected chi connectivity index (χ3v) is 2.78. The average molecular weight is 194 g/mol. The molecule has 1 atom stereocenters. The molecular formula is C12H22N2. The average Bonchev–Trinajstić information content (AvgIpc) is 2.97. The zero-order valence-corrected chi connectivity index (χ0v) is 8.99. The summed E-state index contributed by atoms with van der Waals surface area (Å²) in [7, 11) is 0. The van der Waals surface area contributed by atoms with Gasteiger partial charge in [0.25, 0.3) is 0 Å². The van der Waals surface area contributed by atoms with Gasteiger partial charge in [-0.05, 0) is 25.2 Å². The summed E-state index contributed by atoms with van der Waals surface area (Å²) in [5.74, 6) is 0.810. The highest BCUT2D eigenvalue weighted by atomic mass is 15.1. The van der Waals surface area contributed by atoms with Gasteiger partial charge in [0, 0.05) is 25.7 Å². The van der Waals surface area contributed by atoms with Crippen LogP contribution in [0.4, 0.5) is 0 Å². The van der Waals surface area contributed by atoms with E-state index in [0.29, 0.717) is 6.04 Å². The van der Waals surface area contributed by atoms with E-state index < -0.39 is 0 Å². The van der Waals surface area contributed by atoms with E-state index in [1.807, 2.05) is 12.2 Å². The fraction of sp³-hybridized carbons (Fsp3) is 0.667. The normalized spacial score (nSPS) is 18.1. The number of hydrogen-bond acceptors (Lipinski definition) is 2. The van der Waals surface area contributed by atoms with Crippen molar-refractivity contribution in [1.82, 2.24) is 4.90 Å². The van der Waals surface area contributed by atoms with Gasteiger partial charge in [-0.15, -0.1) is 13.2 Å². The number of nitrogens with two attached hydrogens (primary N) is 1. The molecule has 2 nitrogen and oxygen atoms in total. The van der Waals surface area contributed by atoms with Crippen molar-refractivity contribution in [2.45, 2.75) is 25.3 Å². The highest BCUT2D eigenvalue weighted by Crippen LogP contribution is 2.32. The Labute approximate surface area is 87.5 Å². The van der Waals surface area contributed by atoms with E-state index in [0.717, 1.165) is 32.0 Å². The van der Waals surface area contributed by atoms with Crippen molar-refractivity contribution < 1.29 is 0 Å². The topological polar surface area (TPSA) is 29.3 Å². The summed E-state index contributed by atoms with van der Waals surface area (Å²) in [6.45, 7) is 10.4. The van der Waals surface area contributed by atoms with E-state index in [-0.39, 0.29) is 0 Å². The molecular weight excluding hydrogens is 172 g/mol. The minimum atomic E-state index is 0.409. The Morgan fingerprint density at radius 3 is 2.29 bits per heavy atom. The number of hydrogen-bond donors (Lipinski definition) is 1. The fourth-order valence-electron chi connectivity index (χ4n) is 1.71. The first kappa shape index (κ1) is 11.5. The van der Waals surface area contributed by atoms with Gasteiger partial charge in [-0.3, -0.25) is 4.90 Å². The first-order valence-electron chi connectivity index (χ1n) is 5.47.